The maximum absolute atomic E-state index is 13.8. The van der Waals surface area contributed by atoms with Crippen molar-refractivity contribution in [2.75, 3.05) is 9.73 Å². The van der Waals surface area contributed by atoms with Crippen molar-refractivity contribution < 1.29 is 27.0 Å². The lowest BCUT2D eigenvalue weighted by Gasteiger charge is -2.23. The molecule has 0 aliphatic heterocycles. The van der Waals surface area contributed by atoms with Gasteiger partial charge >= 0.3 is 12.2 Å². The molecule has 3 rings (SSSR count). The number of anilines is 2. The van der Waals surface area contributed by atoms with E-state index in [4.69, 9.17) is 11.6 Å². The molecule has 0 bridgehead atoms. The lowest BCUT2D eigenvalue weighted by atomic mass is 10.1. The van der Waals surface area contributed by atoms with Gasteiger partial charge < -0.3 is 0 Å². The molecule has 0 heterocycles. The second-order valence-corrected chi connectivity index (χ2v) is 9.36. The van der Waals surface area contributed by atoms with E-state index < -0.39 is 37.8 Å². The highest BCUT2D eigenvalue weighted by atomic mass is 35.5. The van der Waals surface area contributed by atoms with Crippen LogP contribution in [0.15, 0.2) is 76.7 Å². The van der Waals surface area contributed by atoms with E-state index in [0.717, 1.165) is 42.5 Å². The van der Waals surface area contributed by atoms with Crippen LogP contribution in [0.5, 0.6) is 0 Å². The fraction of sp³-hybridized carbons (Fsp3) is 0.0952. The van der Waals surface area contributed by atoms with E-state index in [2.05, 4.69) is 10.5 Å². The first-order valence-electron chi connectivity index (χ1n) is 9.83. The van der Waals surface area contributed by atoms with Gasteiger partial charge in [0.25, 0.3) is 15.7 Å². The van der Waals surface area contributed by atoms with Crippen LogP contribution in [0.1, 0.15) is 12.5 Å². The van der Waals surface area contributed by atoms with Crippen molar-refractivity contribution >= 4 is 50.1 Å². The highest BCUT2D eigenvalue weighted by molar-refractivity contribution is 7.92. The number of hydrazone groups is 1. The van der Waals surface area contributed by atoms with Crippen LogP contribution in [0, 0.1) is 20.2 Å². The Labute approximate surface area is 208 Å². The first-order chi connectivity index (χ1) is 16.9. The van der Waals surface area contributed by atoms with Gasteiger partial charge in [-0.2, -0.15) is 13.9 Å². The Hall–Kier alpha value is -4.17. The number of nitro groups is 2. The third kappa shape index (κ3) is 5.72. The van der Waals surface area contributed by atoms with E-state index in [1.54, 1.807) is 0 Å². The normalized spacial score (nSPS) is 11.9. The Bertz CT molecular complexity index is 1430. The van der Waals surface area contributed by atoms with E-state index in [9.17, 15) is 37.4 Å². The van der Waals surface area contributed by atoms with E-state index in [1.807, 2.05) is 0 Å². The Kier molecular flexibility index (Phi) is 7.80. The lowest BCUT2D eigenvalue weighted by molar-refractivity contribution is -0.393. The number of hydrogen-bond acceptors (Lipinski definition) is 8. The zero-order chi connectivity index (χ0) is 26.6. The summed E-state index contributed by atoms with van der Waals surface area (Å²) in [7, 11) is -4.60. The molecule has 0 atom stereocenters. The van der Waals surface area contributed by atoms with Gasteiger partial charge in [-0.05, 0) is 55.0 Å². The van der Waals surface area contributed by atoms with E-state index in [1.165, 1.54) is 31.2 Å². The Morgan fingerprint density at radius 3 is 2.14 bits per heavy atom. The second-order valence-electron chi connectivity index (χ2n) is 7.10. The van der Waals surface area contributed by atoms with Crippen LogP contribution in [0.2, 0.25) is 5.02 Å². The summed E-state index contributed by atoms with van der Waals surface area (Å²) in [6, 6.07) is 12.7. The minimum absolute atomic E-state index is 0.0367. The second kappa shape index (κ2) is 10.6. The maximum atomic E-state index is 13.8. The molecule has 36 heavy (non-hydrogen) atoms. The quantitative estimate of drug-likeness (QED) is 0.165. The minimum atomic E-state index is -4.60. The summed E-state index contributed by atoms with van der Waals surface area (Å²) in [6.45, 7) is -1.87. The summed E-state index contributed by atoms with van der Waals surface area (Å²) >= 11 is 5.74. The van der Waals surface area contributed by atoms with Gasteiger partial charge in [-0.25, -0.2) is 12.7 Å². The molecule has 0 aromatic heterocycles. The molecule has 3 aromatic rings. The number of nitrogens with zero attached hydrogens (tertiary/aromatic N) is 4. The predicted octanol–water partition coefficient (Wildman–Crippen LogP) is 5.41. The van der Waals surface area contributed by atoms with Crippen molar-refractivity contribution in [2.45, 2.75) is 18.4 Å². The van der Waals surface area contributed by atoms with Crippen molar-refractivity contribution in [3.63, 3.8) is 0 Å². The summed E-state index contributed by atoms with van der Waals surface area (Å²) < 4.78 is 53.1. The van der Waals surface area contributed by atoms with Crippen LogP contribution in [-0.4, -0.2) is 30.5 Å². The third-order valence-corrected chi connectivity index (χ3v) is 6.83. The molecule has 15 heteroatoms. The van der Waals surface area contributed by atoms with Crippen molar-refractivity contribution in [3.05, 3.63) is 97.5 Å². The number of sulfonamides is 1. The van der Waals surface area contributed by atoms with Gasteiger partial charge in [-0.15, -0.1) is 0 Å². The number of nitro benzene ring substituents is 2. The average molecular weight is 540 g/mol. The molecule has 0 fully saturated rings. The van der Waals surface area contributed by atoms with E-state index in [0.29, 0.717) is 5.56 Å². The molecule has 0 amide bonds. The Morgan fingerprint density at radius 1 is 1.00 bits per heavy atom. The zero-order valence-electron chi connectivity index (χ0n) is 18.2. The van der Waals surface area contributed by atoms with Crippen LogP contribution in [0.3, 0.4) is 0 Å². The smallest absolute Gasteiger partial charge is 0.271 e. The molecule has 0 unspecified atom stereocenters. The van der Waals surface area contributed by atoms with Gasteiger partial charge in [0, 0.05) is 11.1 Å². The predicted molar refractivity (Wildman–Crippen MR) is 129 cm³/mol. The monoisotopic (exact) mass is 539 g/mol. The van der Waals surface area contributed by atoms with Gasteiger partial charge in [0.2, 0.25) is 0 Å². The molecule has 11 nitrogen and oxygen atoms in total. The molecule has 0 radical (unpaired) electrons. The van der Waals surface area contributed by atoms with Crippen molar-refractivity contribution in [3.8, 4) is 0 Å². The summed E-state index contributed by atoms with van der Waals surface area (Å²) in [5.74, 6) is 0. The van der Waals surface area contributed by atoms with Crippen LogP contribution in [-0.2, 0) is 10.0 Å². The maximum Gasteiger partial charge on any atom is 0.328 e. The third-order valence-electron chi connectivity index (χ3n) is 4.82. The molecule has 0 saturated heterocycles. The number of halogens is 3. The Balaban J connectivity index is 1.87. The standard InChI is InChI=1S/C21H16ClF2N5O6S/c1-13(25-26-19-11-8-17(28(30)31)12-20(19)29(32)33)14-2-6-16(7-3-14)27(21(23)24)36(34,35)18-9-4-15(22)5-10-18/h2-12,21,26H,1H3/b25-13+. The largest absolute Gasteiger partial charge is 0.328 e. The number of non-ortho nitro benzene ring substituents is 1. The van der Waals surface area contributed by atoms with Crippen LogP contribution in [0.4, 0.5) is 31.5 Å². The summed E-state index contributed by atoms with van der Waals surface area (Å²) in [4.78, 5) is 20.1. The summed E-state index contributed by atoms with van der Waals surface area (Å²) in [6.07, 6.45) is 0. The molecule has 188 valence electrons. The molecule has 0 saturated carbocycles. The fourth-order valence-electron chi connectivity index (χ4n) is 3.01. The summed E-state index contributed by atoms with van der Waals surface area (Å²) in [5, 5.41) is 26.3. The van der Waals surface area contributed by atoms with Gasteiger partial charge in [-0.1, -0.05) is 23.7 Å². The average Bonchev–Trinajstić information content (AvgIpc) is 2.82. The number of hydrogen-bond donors (Lipinski definition) is 1. The Morgan fingerprint density at radius 2 is 1.61 bits per heavy atom. The van der Waals surface area contributed by atoms with Gasteiger partial charge in [-0.3, -0.25) is 25.7 Å². The van der Waals surface area contributed by atoms with Gasteiger partial charge in [0.05, 0.1) is 32.2 Å². The number of benzene rings is 3. The van der Waals surface area contributed by atoms with Gasteiger partial charge in [0.15, 0.2) is 0 Å². The summed E-state index contributed by atoms with van der Waals surface area (Å²) in [5.41, 5.74) is 1.63. The molecule has 0 aliphatic rings. The van der Waals surface area contributed by atoms with Crippen molar-refractivity contribution in [2.24, 2.45) is 5.10 Å². The molecular weight excluding hydrogens is 524 g/mol. The molecule has 1 N–H and O–H groups in total. The number of alkyl halides is 2. The number of rotatable bonds is 9. The highest BCUT2D eigenvalue weighted by Gasteiger charge is 2.32. The van der Waals surface area contributed by atoms with Crippen molar-refractivity contribution in [1.82, 2.24) is 0 Å². The van der Waals surface area contributed by atoms with Crippen LogP contribution >= 0.6 is 11.6 Å². The van der Waals surface area contributed by atoms with Crippen molar-refractivity contribution in [1.29, 1.82) is 0 Å². The van der Waals surface area contributed by atoms with E-state index in [-0.39, 0.29) is 31.3 Å². The van der Waals surface area contributed by atoms with E-state index >= 15 is 0 Å². The number of nitrogens with one attached hydrogen (secondary N) is 1. The molecule has 0 aliphatic carbocycles. The zero-order valence-corrected chi connectivity index (χ0v) is 19.8. The first-order valence-corrected chi connectivity index (χ1v) is 11.7. The first kappa shape index (κ1) is 26.4. The van der Waals surface area contributed by atoms with Gasteiger partial charge in [0.1, 0.15) is 5.69 Å². The molecule has 0 spiro atoms. The molecular formula is C21H16ClF2N5O6S. The minimum Gasteiger partial charge on any atom is -0.271 e. The highest BCUT2D eigenvalue weighted by Crippen LogP contribution is 2.30. The van der Waals surface area contributed by atoms with Crippen LogP contribution in [0.25, 0.3) is 0 Å². The molecule has 3 aromatic carbocycles. The SMILES string of the molecule is C/C(=N\Nc1ccc([N+](=O)[O-])cc1[N+](=O)[O-])c1ccc(N(C(F)F)S(=O)(=O)c2ccc(Cl)cc2)cc1. The fourth-order valence-corrected chi connectivity index (χ4v) is 4.46. The lowest BCUT2D eigenvalue weighted by Crippen LogP contribution is -2.35. The topological polar surface area (TPSA) is 148 Å². The van der Waals surface area contributed by atoms with Crippen LogP contribution < -0.4 is 9.73 Å².